The topological polar surface area (TPSA) is 17.1 Å². The first-order chi connectivity index (χ1) is 8.72. The Bertz CT molecular complexity index is 282. The zero-order valence-corrected chi connectivity index (χ0v) is 11.9. The van der Waals surface area contributed by atoms with Crippen LogP contribution in [0.1, 0.15) is 77.6 Å². The van der Waals surface area contributed by atoms with Gasteiger partial charge in [0.05, 0.1) is 0 Å². The fourth-order valence-electron chi connectivity index (χ4n) is 5.43. The highest BCUT2D eigenvalue weighted by Gasteiger charge is 2.53. The van der Waals surface area contributed by atoms with Gasteiger partial charge in [0.25, 0.3) is 0 Å². The van der Waals surface area contributed by atoms with Crippen molar-refractivity contribution in [3.63, 3.8) is 0 Å². The maximum Gasteiger partial charge on any atom is 0.139 e. The van der Waals surface area contributed by atoms with E-state index in [4.69, 9.17) is 0 Å². The molecule has 0 atom stereocenters. The number of hydrogen-bond acceptors (Lipinski definition) is 1. The van der Waals surface area contributed by atoms with Crippen LogP contribution >= 0.6 is 0 Å². The smallest absolute Gasteiger partial charge is 0.139 e. The van der Waals surface area contributed by atoms with Gasteiger partial charge in [-0.1, -0.05) is 26.2 Å². The van der Waals surface area contributed by atoms with Gasteiger partial charge < -0.3 is 0 Å². The van der Waals surface area contributed by atoms with Gasteiger partial charge in [0.15, 0.2) is 0 Å². The van der Waals surface area contributed by atoms with E-state index in [0.29, 0.717) is 5.78 Å². The highest BCUT2D eigenvalue weighted by Crippen LogP contribution is 2.60. The summed E-state index contributed by atoms with van der Waals surface area (Å²) >= 11 is 0. The number of carbonyl (C=O) groups excluding carboxylic acids is 1. The monoisotopic (exact) mass is 248 g/mol. The van der Waals surface area contributed by atoms with Crippen molar-refractivity contribution in [3.8, 4) is 0 Å². The molecule has 18 heavy (non-hydrogen) atoms. The van der Waals surface area contributed by atoms with Crippen molar-refractivity contribution < 1.29 is 4.79 Å². The SMILES string of the molecule is CCCCCCC(=O)C12CC3CC(CC(C3)C1)C2. The highest BCUT2D eigenvalue weighted by molar-refractivity contribution is 5.85. The number of rotatable bonds is 6. The van der Waals surface area contributed by atoms with E-state index < -0.39 is 0 Å². The molecule has 0 aromatic heterocycles. The average molecular weight is 248 g/mol. The molecule has 4 aliphatic carbocycles. The number of ketones is 1. The lowest BCUT2D eigenvalue weighted by molar-refractivity contribution is -0.144. The Hall–Kier alpha value is -0.330. The highest BCUT2D eigenvalue weighted by atomic mass is 16.1. The van der Waals surface area contributed by atoms with Crippen LogP contribution in [0, 0.1) is 23.2 Å². The van der Waals surface area contributed by atoms with E-state index in [1.54, 1.807) is 0 Å². The minimum absolute atomic E-state index is 0.168. The van der Waals surface area contributed by atoms with Gasteiger partial charge in [-0.15, -0.1) is 0 Å². The minimum atomic E-state index is 0.168. The van der Waals surface area contributed by atoms with Crippen molar-refractivity contribution in [2.45, 2.75) is 77.6 Å². The first kappa shape index (κ1) is 12.7. The van der Waals surface area contributed by atoms with Crippen LogP contribution in [0.2, 0.25) is 0 Å². The lowest BCUT2D eigenvalue weighted by Crippen LogP contribution is -2.49. The molecule has 0 radical (unpaired) electrons. The molecule has 0 spiro atoms. The van der Waals surface area contributed by atoms with Gasteiger partial charge in [-0.2, -0.15) is 0 Å². The number of carbonyl (C=O) groups is 1. The second kappa shape index (κ2) is 4.98. The van der Waals surface area contributed by atoms with Gasteiger partial charge >= 0.3 is 0 Å². The summed E-state index contributed by atoms with van der Waals surface area (Å²) in [4.78, 5) is 12.7. The van der Waals surface area contributed by atoms with E-state index >= 15 is 0 Å². The van der Waals surface area contributed by atoms with Gasteiger partial charge in [-0.25, -0.2) is 0 Å². The van der Waals surface area contributed by atoms with Gasteiger partial charge in [-0.05, 0) is 62.7 Å². The average Bonchev–Trinajstić information content (AvgIpc) is 2.32. The van der Waals surface area contributed by atoms with Crippen LogP contribution < -0.4 is 0 Å². The van der Waals surface area contributed by atoms with Crippen molar-refractivity contribution in [3.05, 3.63) is 0 Å². The second-order valence-corrected chi connectivity index (χ2v) is 7.43. The summed E-state index contributed by atoms with van der Waals surface area (Å²) in [5.41, 5.74) is 0.168. The largest absolute Gasteiger partial charge is 0.299 e. The van der Waals surface area contributed by atoms with Gasteiger partial charge in [0, 0.05) is 11.8 Å². The third kappa shape index (κ3) is 2.26. The van der Waals surface area contributed by atoms with E-state index in [9.17, 15) is 4.79 Å². The van der Waals surface area contributed by atoms with E-state index in [1.165, 1.54) is 57.8 Å². The molecule has 0 heterocycles. The third-order valence-electron chi connectivity index (χ3n) is 5.89. The summed E-state index contributed by atoms with van der Waals surface area (Å²) in [6.07, 6.45) is 14.0. The number of Topliss-reactive ketones (excluding diaryl/α,β-unsaturated/α-hetero) is 1. The quantitative estimate of drug-likeness (QED) is 0.620. The Labute approximate surface area is 112 Å². The van der Waals surface area contributed by atoms with Crippen molar-refractivity contribution in [2.75, 3.05) is 0 Å². The van der Waals surface area contributed by atoms with Crippen LogP contribution in [-0.2, 0) is 4.79 Å². The summed E-state index contributed by atoms with van der Waals surface area (Å²) in [5.74, 6) is 3.39. The van der Waals surface area contributed by atoms with Crippen molar-refractivity contribution >= 4 is 5.78 Å². The number of hydrogen-bond donors (Lipinski definition) is 0. The standard InChI is InChI=1S/C17H28O/c1-2-3-4-5-6-16(18)17-10-13-7-14(11-17)9-15(8-13)12-17/h13-15H,2-12H2,1H3. The molecule has 1 heteroatoms. The molecular formula is C17H28O. The summed E-state index contributed by atoms with van der Waals surface area (Å²) in [5, 5.41) is 0. The van der Waals surface area contributed by atoms with Gasteiger partial charge in [-0.3, -0.25) is 4.79 Å². The summed E-state index contributed by atoms with van der Waals surface area (Å²) < 4.78 is 0. The predicted molar refractivity (Wildman–Crippen MR) is 74.4 cm³/mol. The molecule has 102 valence electrons. The summed E-state index contributed by atoms with van der Waals surface area (Å²) in [6, 6.07) is 0. The Balaban J connectivity index is 1.59. The summed E-state index contributed by atoms with van der Waals surface area (Å²) in [7, 11) is 0. The van der Waals surface area contributed by atoms with Crippen LogP contribution in [0.4, 0.5) is 0 Å². The molecule has 0 unspecified atom stereocenters. The van der Waals surface area contributed by atoms with E-state index in [-0.39, 0.29) is 5.41 Å². The molecule has 0 saturated heterocycles. The first-order valence-electron chi connectivity index (χ1n) is 8.25. The lowest BCUT2D eigenvalue weighted by atomic mass is 9.48. The third-order valence-corrected chi connectivity index (χ3v) is 5.89. The molecule has 1 nitrogen and oxygen atoms in total. The molecule has 0 amide bonds. The van der Waals surface area contributed by atoms with Crippen LogP contribution in [0.5, 0.6) is 0 Å². The van der Waals surface area contributed by atoms with Crippen LogP contribution in [0.15, 0.2) is 0 Å². The fourth-order valence-corrected chi connectivity index (χ4v) is 5.43. The maximum atomic E-state index is 12.7. The van der Waals surface area contributed by atoms with Crippen LogP contribution in [0.25, 0.3) is 0 Å². The zero-order valence-electron chi connectivity index (χ0n) is 11.9. The minimum Gasteiger partial charge on any atom is -0.299 e. The van der Waals surface area contributed by atoms with Crippen molar-refractivity contribution in [2.24, 2.45) is 23.2 Å². The fraction of sp³-hybridized carbons (Fsp3) is 0.941. The molecule has 4 saturated carbocycles. The number of unbranched alkanes of at least 4 members (excludes halogenated alkanes) is 3. The molecule has 0 N–H and O–H groups in total. The van der Waals surface area contributed by atoms with Gasteiger partial charge in [0.1, 0.15) is 5.78 Å². The normalized spacial score (nSPS) is 41.3. The zero-order chi connectivity index (χ0) is 12.6. The predicted octanol–water partition coefficient (Wildman–Crippen LogP) is 4.74. The molecular weight excluding hydrogens is 220 g/mol. The second-order valence-electron chi connectivity index (χ2n) is 7.43. The van der Waals surface area contributed by atoms with Gasteiger partial charge in [0.2, 0.25) is 0 Å². The molecule has 0 aliphatic heterocycles. The van der Waals surface area contributed by atoms with E-state index in [1.807, 2.05) is 0 Å². The molecule has 4 bridgehead atoms. The van der Waals surface area contributed by atoms with Crippen LogP contribution in [-0.4, -0.2) is 5.78 Å². The Morgan fingerprint density at radius 1 is 0.944 bits per heavy atom. The van der Waals surface area contributed by atoms with E-state index in [0.717, 1.165) is 30.6 Å². The van der Waals surface area contributed by atoms with Crippen molar-refractivity contribution in [1.29, 1.82) is 0 Å². The molecule has 4 fully saturated rings. The maximum absolute atomic E-state index is 12.7. The Morgan fingerprint density at radius 2 is 1.50 bits per heavy atom. The summed E-state index contributed by atoms with van der Waals surface area (Å²) in [6.45, 7) is 2.24. The van der Waals surface area contributed by atoms with Crippen molar-refractivity contribution in [1.82, 2.24) is 0 Å². The first-order valence-corrected chi connectivity index (χ1v) is 8.25. The molecule has 0 aromatic carbocycles. The van der Waals surface area contributed by atoms with E-state index in [2.05, 4.69) is 6.92 Å². The molecule has 4 aliphatic rings. The molecule has 4 rings (SSSR count). The van der Waals surface area contributed by atoms with Crippen LogP contribution in [0.3, 0.4) is 0 Å². The lowest BCUT2D eigenvalue weighted by Gasteiger charge is -2.56. The molecule has 0 aromatic rings. The Morgan fingerprint density at radius 3 is 2.00 bits per heavy atom. The Kier molecular flexibility index (Phi) is 3.51.